The third-order valence-corrected chi connectivity index (χ3v) is 4.01. The van der Waals surface area contributed by atoms with E-state index in [4.69, 9.17) is 14.2 Å². The number of aromatic amines is 1. The van der Waals surface area contributed by atoms with Gasteiger partial charge in [0.1, 0.15) is 5.75 Å². The highest BCUT2D eigenvalue weighted by Gasteiger charge is 2.25. The van der Waals surface area contributed by atoms with Gasteiger partial charge in [-0.3, -0.25) is 4.79 Å². The van der Waals surface area contributed by atoms with Gasteiger partial charge in [-0.15, -0.1) is 0 Å². The van der Waals surface area contributed by atoms with Crippen LogP contribution in [0.1, 0.15) is 44.6 Å². The number of carbonyl (C=O) groups excluding carboxylic acids is 3. The van der Waals surface area contributed by atoms with Crippen LogP contribution in [0.2, 0.25) is 0 Å². The second kappa shape index (κ2) is 9.55. The van der Waals surface area contributed by atoms with Crippen LogP contribution in [0.25, 0.3) is 6.08 Å². The number of hydrogen-bond donors (Lipinski definition) is 1. The van der Waals surface area contributed by atoms with E-state index >= 15 is 0 Å². The SMILES string of the molecule is CCOC(=O)c1c(C)[nH]c(C)c1C(=O)COC(=O)/C=C/c1ccc(OC)cc1. The van der Waals surface area contributed by atoms with Crippen molar-refractivity contribution in [3.8, 4) is 5.75 Å². The summed E-state index contributed by atoms with van der Waals surface area (Å²) in [6.07, 6.45) is 2.80. The van der Waals surface area contributed by atoms with Gasteiger partial charge in [-0.25, -0.2) is 9.59 Å². The lowest BCUT2D eigenvalue weighted by molar-refractivity contribution is -0.136. The Hall–Kier alpha value is -3.35. The molecular formula is C21H23NO6. The molecule has 0 radical (unpaired) electrons. The molecule has 1 heterocycles. The lowest BCUT2D eigenvalue weighted by atomic mass is 10.1. The Bertz CT molecular complexity index is 892. The van der Waals surface area contributed by atoms with Crippen LogP contribution in [0.15, 0.2) is 30.3 Å². The number of rotatable bonds is 8. The van der Waals surface area contributed by atoms with Gasteiger partial charge in [0.15, 0.2) is 6.61 Å². The smallest absolute Gasteiger partial charge is 0.340 e. The number of hydrogen-bond acceptors (Lipinski definition) is 6. The van der Waals surface area contributed by atoms with E-state index in [0.29, 0.717) is 17.1 Å². The summed E-state index contributed by atoms with van der Waals surface area (Å²) in [7, 11) is 1.57. The van der Waals surface area contributed by atoms with Crippen LogP contribution in [0.3, 0.4) is 0 Å². The number of Topliss-reactive ketones (excluding diaryl/α,β-unsaturated/α-hetero) is 1. The Labute approximate surface area is 163 Å². The summed E-state index contributed by atoms with van der Waals surface area (Å²) in [4.78, 5) is 39.5. The molecule has 0 spiro atoms. The number of aromatic nitrogens is 1. The summed E-state index contributed by atoms with van der Waals surface area (Å²) in [5, 5.41) is 0. The molecule has 0 saturated heterocycles. The lowest BCUT2D eigenvalue weighted by Gasteiger charge is -2.06. The Morgan fingerprint density at radius 1 is 1.00 bits per heavy atom. The molecular weight excluding hydrogens is 362 g/mol. The van der Waals surface area contributed by atoms with Gasteiger partial charge in [0, 0.05) is 17.5 Å². The van der Waals surface area contributed by atoms with Crippen molar-refractivity contribution in [1.82, 2.24) is 4.98 Å². The predicted octanol–water partition coefficient (Wildman–Crippen LogP) is 3.26. The number of carbonyl (C=O) groups is 3. The highest BCUT2D eigenvalue weighted by atomic mass is 16.5. The first-order valence-corrected chi connectivity index (χ1v) is 8.75. The topological polar surface area (TPSA) is 94.7 Å². The molecule has 0 fully saturated rings. The maximum absolute atomic E-state index is 12.5. The molecule has 1 aromatic carbocycles. The van der Waals surface area contributed by atoms with E-state index < -0.39 is 24.3 Å². The molecule has 7 nitrogen and oxygen atoms in total. The first-order chi connectivity index (χ1) is 13.4. The molecule has 1 aromatic heterocycles. The summed E-state index contributed by atoms with van der Waals surface area (Å²) >= 11 is 0. The van der Waals surface area contributed by atoms with E-state index in [1.807, 2.05) is 0 Å². The second-order valence-corrected chi connectivity index (χ2v) is 5.98. The van der Waals surface area contributed by atoms with Gasteiger partial charge in [0.2, 0.25) is 5.78 Å². The molecule has 0 atom stereocenters. The molecule has 0 saturated carbocycles. The van der Waals surface area contributed by atoms with Crippen LogP contribution in [0, 0.1) is 13.8 Å². The molecule has 0 bridgehead atoms. The van der Waals surface area contributed by atoms with Crippen LogP contribution in [-0.2, 0) is 14.3 Å². The fourth-order valence-electron chi connectivity index (χ4n) is 2.72. The molecule has 0 aliphatic rings. The number of nitrogens with one attached hydrogen (secondary N) is 1. The zero-order chi connectivity index (χ0) is 20.7. The highest BCUT2D eigenvalue weighted by molar-refractivity contribution is 6.09. The van der Waals surface area contributed by atoms with Crippen molar-refractivity contribution in [2.45, 2.75) is 20.8 Å². The summed E-state index contributed by atoms with van der Waals surface area (Å²) in [6, 6.07) is 7.10. The first-order valence-electron chi connectivity index (χ1n) is 8.75. The molecule has 2 rings (SSSR count). The largest absolute Gasteiger partial charge is 0.497 e. The standard InChI is InChI=1S/C21H23NO6/c1-5-27-21(25)20-14(3)22-13(2)19(20)17(23)12-28-18(24)11-8-15-6-9-16(26-4)10-7-15/h6-11,22H,5,12H2,1-4H3/b11-8+. The van der Waals surface area contributed by atoms with Gasteiger partial charge in [0.25, 0.3) is 0 Å². The van der Waals surface area contributed by atoms with Crippen molar-refractivity contribution < 1.29 is 28.6 Å². The van der Waals surface area contributed by atoms with E-state index in [1.54, 1.807) is 58.2 Å². The lowest BCUT2D eigenvalue weighted by Crippen LogP contribution is -2.17. The third-order valence-electron chi connectivity index (χ3n) is 4.01. The molecule has 0 aliphatic heterocycles. The number of methoxy groups -OCH3 is 1. The number of H-pyrrole nitrogens is 1. The molecule has 0 unspecified atom stereocenters. The first kappa shape index (κ1) is 21.0. The minimum atomic E-state index is -0.660. The minimum absolute atomic E-state index is 0.175. The fraction of sp³-hybridized carbons (Fsp3) is 0.286. The van der Waals surface area contributed by atoms with Gasteiger partial charge in [0.05, 0.1) is 24.8 Å². The number of aryl methyl sites for hydroxylation is 2. The third kappa shape index (κ3) is 5.09. The summed E-state index contributed by atoms with van der Waals surface area (Å²) in [5.74, 6) is -1.01. The Morgan fingerprint density at radius 3 is 2.25 bits per heavy atom. The molecule has 2 aromatic rings. The predicted molar refractivity (Wildman–Crippen MR) is 104 cm³/mol. The minimum Gasteiger partial charge on any atom is -0.497 e. The second-order valence-electron chi connectivity index (χ2n) is 5.98. The van der Waals surface area contributed by atoms with Crippen molar-refractivity contribution in [2.24, 2.45) is 0 Å². The molecule has 1 N–H and O–H groups in total. The van der Waals surface area contributed by atoms with Crippen molar-refractivity contribution in [3.05, 3.63) is 58.4 Å². The van der Waals surface area contributed by atoms with Gasteiger partial charge in [-0.1, -0.05) is 12.1 Å². The molecule has 0 aliphatic carbocycles. The van der Waals surface area contributed by atoms with Crippen molar-refractivity contribution >= 4 is 23.8 Å². The summed E-state index contributed by atoms with van der Waals surface area (Å²) < 4.78 is 15.1. The average Bonchev–Trinajstić information content (AvgIpc) is 2.99. The summed E-state index contributed by atoms with van der Waals surface area (Å²) in [5.41, 5.74) is 2.20. The van der Waals surface area contributed by atoms with Crippen LogP contribution in [-0.4, -0.2) is 43.0 Å². The van der Waals surface area contributed by atoms with E-state index in [9.17, 15) is 14.4 Å². The molecule has 0 amide bonds. The van der Waals surface area contributed by atoms with E-state index in [-0.39, 0.29) is 17.7 Å². The van der Waals surface area contributed by atoms with E-state index in [2.05, 4.69) is 4.98 Å². The van der Waals surface area contributed by atoms with E-state index in [0.717, 1.165) is 5.56 Å². The highest BCUT2D eigenvalue weighted by Crippen LogP contribution is 2.20. The molecule has 148 valence electrons. The normalized spacial score (nSPS) is 10.7. The molecule has 7 heteroatoms. The van der Waals surface area contributed by atoms with Gasteiger partial charge in [-0.05, 0) is 44.5 Å². The average molecular weight is 385 g/mol. The van der Waals surface area contributed by atoms with Gasteiger partial charge < -0.3 is 19.2 Å². The fourth-order valence-corrected chi connectivity index (χ4v) is 2.72. The Kier molecular flexibility index (Phi) is 7.14. The van der Waals surface area contributed by atoms with Crippen LogP contribution < -0.4 is 4.74 Å². The van der Waals surface area contributed by atoms with Crippen molar-refractivity contribution in [3.63, 3.8) is 0 Å². The number of ether oxygens (including phenoxy) is 3. The van der Waals surface area contributed by atoms with Crippen LogP contribution in [0.5, 0.6) is 5.75 Å². The molecule has 28 heavy (non-hydrogen) atoms. The van der Waals surface area contributed by atoms with Crippen LogP contribution >= 0.6 is 0 Å². The zero-order valence-electron chi connectivity index (χ0n) is 16.3. The van der Waals surface area contributed by atoms with Gasteiger partial charge in [-0.2, -0.15) is 0 Å². The number of esters is 2. The zero-order valence-corrected chi connectivity index (χ0v) is 16.3. The number of benzene rings is 1. The Balaban J connectivity index is 2.02. The van der Waals surface area contributed by atoms with E-state index in [1.165, 1.54) is 6.08 Å². The number of ketones is 1. The quantitative estimate of drug-likeness (QED) is 0.426. The summed E-state index contributed by atoms with van der Waals surface area (Å²) in [6.45, 7) is 4.76. The monoisotopic (exact) mass is 385 g/mol. The maximum Gasteiger partial charge on any atom is 0.340 e. The maximum atomic E-state index is 12.5. The van der Waals surface area contributed by atoms with Crippen LogP contribution in [0.4, 0.5) is 0 Å². The van der Waals surface area contributed by atoms with Crippen molar-refractivity contribution in [1.29, 1.82) is 0 Å². The van der Waals surface area contributed by atoms with Gasteiger partial charge >= 0.3 is 11.9 Å². The van der Waals surface area contributed by atoms with Crippen molar-refractivity contribution in [2.75, 3.05) is 20.3 Å². The Morgan fingerprint density at radius 2 is 1.64 bits per heavy atom.